The molecule has 4 heteroatoms. The molecule has 0 bridgehead atoms. The van der Waals surface area contributed by atoms with Gasteiger partial charge >= 0.3 is 0 Å². The van der Waals surface area contributed by atoms with Crippen molar-refractivity contribution in [2.45, 2.75) is 19.9 Å². The first-order valence-corrected chi connectivity index (χ1v) is 8.04. The second-order valence-corrected chi connectivity index (χ2v) is 6.21. The highest BCUT2D eigenvalue weighted by Crippen LogP contribution is 2.26. The van der Waals surface area contributed by atoms with Gasteiger partial charge in [-0.2, -0.15) is 0 Å². The lowest BCUT2D eigenvalue weighted by atomic mass is 10.1. The van der Waals surface area contributed by atoms with E-state index < -0.39 is 0 Å². The summed E-state index contributed by atoms with van der Waals surface area (Å²) in [5.41, 5.74) is 2.91. The zero-order chi connectivity index (χ0) is 15.5. The predicted octanol–water partition coefficient (Wildman–Crippen LogP) is 4.38. The second kappa shape index (κ2) is 6.20. The Labute approximate surface area is 134 Å². The molecule has 1 N–H and O–H groups in total. The molecule has 0 fully saturated rings. The average Bonchev–Trinajstić information content (AvgIpc) is 2.85. The summed E-state index contributed by atoms with van der Waals surface area (Å²) in [6, 6.07) is 20.1. The predicted molar refractivity (Wildman–Crippen MR) is 93.1 cm³/mol. The summed E-state index contributed by atoms with van der Waals surface area (Å²) in [4.78, 5) is 12.4. The highest BCUT2D eigenvalue weighted by molar-refractivity contribution is 7.11. The molecule has 2 aromatic carbocycles. The molecule has 0 radical (unpaired) electrons. The van der Waals surface area contributed by atoms with Crippen molar-refractivity contribution in [3.63, 3.8) is 0 Å². The SMILES string of the molecule is Cc1c(N[C@@H](C)c2ccccc2)sn(-c2ccccc2)c1=O. The van der Waals surface area contributed by atoms with Gasteiger partial charge in [-0.05, 0) is 43.1 Å². The van der Waals surface area contributed by atoms with Gasteiger partial charge in [0.15, 0.2) is 0 Å². The van der Waals surface area contributed by atoms with Gasteiger partial charge in [0.1, 0.15) is 5.00 Å². The maximum atomic E-state index is 12.4. The van der Waals surface area contributed by atoms with Crippen LogP contribution < -0.4 is 10.9 Å². The van der Waals surface area contributed by atoms with E-state index in [1.165, 1.54) is 17.1 Å². The minimum Gasteiger partial charge on any atom is -0.369 e. The molecule has 0 aliphatic carbocycles. The van der Waals surface area contributed by atoms with Crippen molar-refractivity contribution < 1.29 is 0 Å². The summed E-state index contributed by atoms with van der Waals surface area (Å²) in [5, 5.41) is 4.38. The summed E-state index contributed by atoms with van der Waals surface area (Å²) >= 11 is 1.46. The number of hydrogen-bond acceptors (Lipinski definition) is 3. The largest absolute Gasteiger partial charge is 0.369 e. The van der Waals surface area contributed by atoms with Crippen LogP contribution in [0.1, 0.15) is 24.1 Å². The van der Waals surface area contributed by atoms with Crippen molar-refractivity contribution >= 4 is 16.5 Å². The number of nitrogens with one attached hydrogen (secondary N) is 1. The summed E-state index contributed by atoms with van der Waals surface area (Å²) in [6.07, 6.45) is 0. The Hall–Kier alpha value is -2.33. The first-order valence-electron chi connectivity index (χ1n) is 7.26. The number of hydrogen-bond donors (Lipinski definition) is 1. The fourth-order valence-electron chi connectivity index (χ4n) is 2.34. The molecule has 1 heterocycles. The molecule has 22 heavy (non-hydrogen) atoms. The summed E-state index contributed by atoms with van der Waals surface area (Å²) < 4.78 is 1.73. The van der Waals surface area contributed by atoms with Gasteiger partial charge in [-0.3, -0.25) is 4.79 Å². The van der Waals surface area contributed by atoms with Crippen LogP contribution in [0.5, 0.6) is 0 Å². The summed E-state index contributed by atoms with van der Waals surface area (Å²) in [6.45, 7) is 3.98. The number of rotatable bonds is 4. The van der Waals surface area contributed by atoms with Gasteiger partial charge in [-0.15, -0.1) is 0 Å². The number of anilines is 1. The zero-order valence-electron chi connectivity index (χ0n) is 12.6. The molecule has 0 saturated carbocycles. The smallest absolute Gasteiger partial charge is 0.270 e. The molecule has 0 spiro atoms. The number of para-hydroxylation sites is 1. The summed E-state index contributed by atoms with van der Waals surface area (Å²) in [7, 11) is 0. The molecule has 1 atom stereocenters. The fraction of sp³-hybridized carbons (Fsp3) is 0.167. The van der Waals surface area contributed by atoms with Crippen molar-refractivity contribution in [2.24, 2.45) is 0 Å². The van der Waals surface area contributed by atoms with E-state index in [4.69, 9.17) is 0 Å². The molecule has 3 nitrogen and oxygen atoms in total. The van der Waals surface area contributed by atoms with Gasteiger partial charge in [0, 0.05) is 6.04 Å². The van der Waals surface area contributed by atoms with Gasteiger partial charge in [-0.25, -0.2) is 3.96 Å². The van der Waals surface area contributed by atoms with Crippen LogP contribution in [0, 0.1) is 6.92 Å². The van der Waals surface area contributed by atoms with Crippen LogP contribution >= 0.6 is 11.5 Å². The molecule has 1 aromatic heterocycles. The molecule has 3 rings (SSSR count). The first-order chi connectivity index (χ1) is 10.7. The van der Waals surface area contributed by atoms with E-state index in [0.29, 0.717) is 0 Å². The van der Waals surface area contributed by atoms with E-state index in [0.717, 1.165) is 16.3 Å². The van der Waals surface area contributed by atoms with Crippen molar-refractivity contribution in [3.8, 4) is 5.69 Å². The Morgan fingerprint density at radius 2 is 1.59 bits per heavy atom. The van der Waals surface area contributed by atoms with E-state index in [-0.39, 0.29) is 11.6 Å². The lowest BCUT2D eigenvalue weighted by molar-refractivity contribution is 0.887. The van der Waals surface area contributed by atoms with Crippen LogP contribution in [0.15, 0.2) is 65.5 Å². The van der Waals surface area contributed by atoms with Crippen molar-refractivity contribution in [1.29, 1.82) is 0 Å². The third kappa shape index (κ3) is 2.83. The molecule has 3 aromatic rings. The van der Waals surface area contributed by atoms with E-state index >= 15 is 0 Å². The Kier molecular flexibility index (Phi) is 4.11. The molecule has 0 amide bonds. The van der Waals surface area contributed by atoms with E-state index in [1.807, 2.05) is 55.5 Å². The lowest BCUT2D eigenvalue weighted by Gasteiger charge is -2.14. The second-order valence-electron chi connectivity index (χ2n) is 5.26. The third-order valence-electron chi connectivity index (χ3n) is 3.67. The Balaban J connectivity index is 1.91. The maximum absolute atomic E-state index is 12.4. The van der Waals surface area contributed by atoms with Crippen LogP contribution in [-0.2, 0) is 0 Å². The van der Waals surface area contributed by atoms with Crippen LogP contribution in [0.4, 0.5) is 5.00 Å². The molecule has 0 aliphatic heterocycles. The number of benzene rings is 2. The van der Waals surface area contributed by atoms with E-state index in [2.05, 4.69) is 24.4 Å². The van der Waals surface area contributed by atoms with E-state index in [1.54, 1.807) is 3.96 Å². The summed E-state index contributed by atoms with van der Waals surface area (Å²) in [5.74, 6) is 0. The topological polar surface area (TPSA) is 34.0 Å². The van der Waals surface area contributed by atoms with Crippen LogP contribution in [0.25, 0.3) is 5.69 Å². The average molecular weight is 310 g/mol. The van der Waals surface area contributed by atoms with Gasteiger partial charge in [0.25, 0.3) is 5.56 Å². The van der Waals surface area contributed by atoms with E-state index in [9.17, 15) is 4.79 Å². The maximum Gasteiger partial charge on any atom is 0.270 e. The minimum absolute atomic E-state index is 0.0407. The van der Waals surface area contributed by atoms with Crippen LogP contribution in [0.2, 0.25) is 0 Å². The standard InChI is InChI=1S/C18H18N2OS/c1-13-17(19-14(2)15-9-5-3-6-10-15)22-20(18(13)21)16-11-7-4-8-12-16/h3-12,14,19H,1-2H3/t14-/m0/s1. The van der Waals surface area contributed by atoms with Crippen LogP contribution in [-0.4, -0.2) is 3.96 Å². The Morgan fingerprint density at radius 1 is 1.00 bits per heavy atom. The van der Waals surface area contributed by atoms with Crippen LogP contribution in [0.3, 0.4) is 0 Å². The highest BCUT2D eigenvalue weighted by atomic mass is 32.1. The lowest BCUT2D eigenvalue weighted by Crippen LogP contribution is -2.13. The quantitative estimate of drug-likeness (QED) is 0.776. The first kappa shape index (κ1) is 14.6. The zero-order valence-corrected chi connectivity index (χ0v) is 13.4. The Morgan fingerprint density at radius 3 is 2.23 bits per heavy atom. The number of aromatic nitrogens is 1. The van der Waals surface area contributed by atoms with Gasteiger partial charge in [0.05, 0.1) is 11.3 Å². The molecule has 0 aliphatic rings. The molecule has 0 unspecified atom stereocenters. The molecule has 0 saturated heterocycles. The third-order valence-corrected chi connectivity index (χ3v) is 4.83. The van der Waals surface area contributed by atoms with Crippen molar-refractivity contribution in [2.75, 3.05) is 5.32 Å². The van der Waals surface area contributed by atoms with Crippen molar-refractivity contribution in [1.82, 2.24) is 3.96 Å². The molecule has 112 valence electrons. The highest BCUT2D eigenvalue weighted by Gasteiger charge is 2.14. The van der Waals surface area contributed by atoms with Gasteiger partial charge in [0.2, 0.25) is 0 Å². The van der Waals surface area contributed by atoms with Crippen molar-refractivity contribution in [3.05, 3.63) is 82.1 Å². The van der Waals surface area contributed by atoms with Gasteiger partial charge < -0.3 is 5.32 Å². The number of nitrogens with zero attached hydrogens (tertiary/aromatic N) is 1. The normalized spacial score (nSPS) is 12.1. The molecular formula is C18H18N2OS. The molecular weight excluding hydrogens is 292 g/mol. The Bertz CT molecular complexity index is 806. The monoisotopic (exact) mass is 310 g/mol. The minimum atomic E-state index is 0.0407. The van der Waals surface area contributed by atoms with Gasteiger partial charge in [-0.1, -0.05) is 48.5 Å². The fourth-order valence-corrected chi connectivity index (χ4v) is 3.42.